The van der Waals surface area contributed by atoms with Crippen LogP contribution in [0.15, 0.2) is 83.8 Å². The van der Waals surface area contributed by atoms with Crippen molar-refractivity contribution in [2.75, 3.05) is 25.0 Å². The van der Waals surface area contributed by atoms with Gasteiger partial charge in [-0.05, 0) is 66.3 Å². The van der Waals surface area contributed by atoms with Crippen molar-refractivity contribution >= 4 is 27.3 Å². The van der Waals surface area contributed by atoms with E-state index in [9.17, 15) is 8.42 Å². The number of benzene rings is 3. The lowest BCUT2D eigenvalue weighted by molar-refractivity contribution is 0.282. The van der Waals surface area contributed by atoms with Gasteiger partial charge in [-0.15, -0.1) is 0 Å². The summed E-state index contributed by atoms with van der Waals surface area (Å²) in [4.78, 5) is 0.361. The fourth-order valence-corrected chi connectivity index (χ4v) is 5.38. The fraction of sp³-hybridized carbons (Fsp3) is 0.250. The van der Waals surface area contributed by atoms with Crippen molar-refractivity contribution in [3.05, 3.63) is 83.9 Å². The van der Waals surface area contributed by atoms with Crippen molar-refractivity contribution < 1.29 is 8.42 Å². The molecule has 4 rings (SSSR count). The summed E-state index contributed by atoms with van der Waals surface area (Å²) in [7, 11) is -3.46. The van der Waals surface area contributed by atoms with Gasteiger partial charge in [0.25, 0.3) is 0 Å². The Morgan fingerprint density at radius 1 is 0.833 bits per heavy atom. The lowest BCUT2D eigenvalue weighted by Crippen LogP contribution is -2.39. The molecule has 1 aliphatic heterocycles. The van der Waals surface area contributed by atoms with Gasteiger partial charge >= 0.3 is 0 Å². The first kappa shape index (κ1) is 20.9. The van der Waals surface area contributed by atoms with Crippen LogP contribution in [0.1, 0.15) is 12.8 Å². The summed E-state index contributed by atoms with van der Waals surface area (Å²) in [6.07, 6.45) is 1.70. The molecule has 6 heteroatoms. The van der Waals surface area contributed by atoms with Crippen molar-refractivity contribution in [2.45, 2.75) is 17.7 Å². The zero-order valence-corrected chi connectivity index (χ0v) is 18.2. The molecule has 1 fully saturated rings. The van der Waals surface area contributed by atoms with Crippen LogP contribution in [0.2, 0.25) is 5.02 Å². The largest absolute Gasteiger partial charge is 0.385 e. The van der Waals surface area contributed by atoms with Gasteiger partial charge in [-0.2, -0.15) is 4.31 Å². The smallest absolute Gasteiger partial charge is 0.243 e. The Labute approximate surface area is 183 Å². The molecule has 1 aliphatic rings. The van der Waals surface area contributed by atoms with Crippen molar-refractivity contribution in [2.24, 2.45) is 5.92 Å². The second-order valence-electron chi connectivity index (χ2n) is 7.63. The number of hydrogen-bond donors (Lipinski definition) is 1. The van der Waals surface area contributed by atoms with E-state index < -0.39 is 10.0 Å². The highest BCUT2D eigenvalue weighted by molar-refractivity contribution is 7.89. The zero-order valence-electron chi connectivity index (χ0n) is 16.7. The lowest BCUT2D eigenvalue weighted by Gasteiger charge is -2.31. The van der Waals surface area contributed by atoms with E-state index in [2.05, 4.69) is 5.32 Å². The van der Waals surface area contributed by atoms with Crippen LogP contribution in [0.4, 0.5) is 5.69 Å². The Balaban J connectivity index is 1.34. The molecule has 0 spiro atoms. The SMILES string of the molecule is O=S(=O)(c1ccc(-c2ccccc2)cc1)N1CCC(CNc2ccc(Cl)cc2)CC1. The molecule has 1 saturated heterocycles. The van der Waals surface area contributed by atoms with Crippen LogP contribution in [-0.2, 0) is 10.0 Å². The normalized spacial score (nSPS) is 15.8. The van der Waals surface area contributed by atoms with Crippen LogP contribution in [0.25, 0.3) is 11.1 Å². The number of sulfonamides is 1. The van der Waals surface area contributed by atoms with Crippen molar-refractivity contribution in [3.63, 3.8) is 0 Å². The number of nitrogens with one attached hydrogen (secondary N) is 1. The Hall–Kier alpha value is -2.34. The molecule has 1 N–H and O–H groups in total. The third-order valence-electron chi connectivity index (χ3n) is 5.61. The second kappa shape index (κ2) is 9.21. The van der Waals surface area contributed by atoms with Crippen molar-refractivity contribution in [3.8, 4) is 11.1 Å². The third kappa shape index (κ3) is 4.86. The lowest BCUT2D eigenvalue weighted by atomic mass is 9.98. The van der Waals surface area contributed by atoms with Gasteiger partial charge in [0.05, 0.1) is 4.90 Å². The number of hydrogen-bond acceptors (Lipinski definition) is 3. The molecule has 0 bridgehead atoms. The van der Waals surface area contributed by atoms with E-state index in [4.69, 9.17) is 11.6 Å². The highest BCUT2D eigenvalue weighted by atomic mass is 35.5. The van der Waals surface area contributed by atoms with Crippen molar-refractivity contribution in [1.82, 2.24) is 4.31 Å². The third-order valence-corrected chi connectivity index (χ3v) is 7.78. The molecule has 0 atom stereocenters. The van der Waals surface area contributed by atoms with Crippen LogP contribution in [0.5, 0.6) is 0 Å². The summed E-state index contributed by atoms with van der Waals surface area (Å²) in [6.45, 7) is 1.94. The Morgan fingerprint density at radius 2 is 1.43 bits per heavy atom. The van der Waals surface area contributed by atoms with E-state index in [1.165, 1.54) is 0 Å². The molecule has 4 nitrogen and oxygen atoms in total. The maximum atomic E-state index is 13.1. The Kier molecular flexibility index (Phi) is 6.42. The van der Waals surface area contributed by atoms with Gasteiger partial charge < -0.3 is 5.32 Å². The molecular formula is C24H25ClN2O2S. The molecule has 156 valence electrons. The predicted octanol–water partition coefficient (Wildman–Crippen LogP) is 5.52. The van der Waals surface area contributed by atoms with Gasteiger partial charge in [-0.25, -0.2) is 8.42 Å². The fourth-order valence-electron chi connectivity index (χ4n) is 3.78. The quantitative estimate of drug-likeness (QED) is 0.549. The maximum Gasteiger partial charge on any atom is 0.243 e. The van der Waals surface area contributed by atoms with Gasteiger partial charge in [0.2, 0.25) is 10.0 Å². The van der Waals surface area contributed by atoms with Crippen LogP contribution in [0.3, 0.4) is 0 Å². The van der Waals surface area contributed by atoms with E-state index in [0.29, 0.717) is 23.9 Å². The van der Waals surface area contributed by atoms with E-state index >= 15 is 0 Å². The monoisotopic (exact) mass is 440 g/mol. The molecular weight excluding hydrogens is 416 g/mol. The molecule has 0 unspecified atom stereocenters. The van der Waals surface area contributed by atoms with Crippen LogP contribution in [0, 0.1) is 5.92 Å². The summed E-state index contributed by atoms with van der Waals surface area (Å²) in [5, 5.41) is 4.14. The molecule has 0 aromatic heterocycles. The molecule has 0 aliphatic carbocycles. The van der Waals surface area contributed by atoms with Crippen LogP contribution >= 0.6 is 11.6 Å². The number of halogens is 1. The van der Waals surface area contributed by atoms with Crippen LogP contribution < -0.4 is 5.32 Å². The van der Waals surface area contributed by atoms with E-state index in [-0.39, 0.29) is 0 Å². The van der Waals surface area contributed by atoms with Gasteiger partial charge in [0, 0.05) is 30.3 Å². The van der Waals surface area contributed by atoms with E-state index in [1.807, 2.05) is 66.7 Å². The minimum absolute atomic E-state index is 0.361. The number of rotatable bonds is 6. The first-order valence-electron chi connectivity index (χ1n) is 10.2. The molecule has 3 aromatic carbocycles. The highest BCUT2D eigenvalue weighted by Crippen LogP contribution is 2.26. The summed E-state index contributed by atoms with van der Waals surface area (Å²) < 4.78 is 27.7. The molecule has 30 heavy (non-hydrogen) atoms. The maximum absolute atomic E-state index is 13.1. The van der Waals surface area contributed by atoms with Crippen molar-refractivity contribution in [1.29, 1.82) is 0 Å². The van der Waals surface area contributed by atoms with Gasteiger partial charge in [-0.1, -0.05) is 54.1 Å². The standard InChI is InChI=1S/C24H25ClN2O2S/c25-22-8-10-23(11-9-22)26-18-19-14-16-27(17-15-19)30(28,29)24-12-6-21(7-13-24)20-4-2-1-3-5-20/h1-13,19,26H,14-18H2. The number of piperidine rings is 1. The molecule has 3 aromatic rings. The summed E-state index contributed by atoms with van der Waals surface area (Å²) in [5.41, 5.74) is 3.13. The summed E-state index contributed by atoms with van der Waals surface area (Å²) in [6, 6.07) is 24.8. The second-order valence-corrected chi connectivity index (χ2v) is 10.0. The molecule has 0 radical (unpaired) electrons. The first-order chi connectivity index (χ1) is 14.5. The average Bonchev–Trinajstić information content (AvgIpc) is 2.80. The van der Waals surface area contributed by atoms with Gasteiger partial charge in [0.1, 0.15) is 0 Å². The number of nitrogens with zero attached hydrogens (tertiary/aromatic N) is 1. The predicted molar refractivity (Wildman–Crippen MR) is 123 cm³/mol. The van der Waals surface area contributed by atoms with Gasteiger partial charge in [0.15, 0.2) is 0 Å². The minimum atomic E-state index is -3.46. The molecule has 1 heterocycles. The Morgan fingerprint density at radius 3 is 2.07 bits per heavy atom. The summed E-state index contributed by atoms with van der Waals surface area (Å²) >= 11 is 5.92. The summed E-state index contributed by atoms with van der Waals surface area (Å²) in [5.74, 6) is 0.451. The van der Waals surface area contributed by atoms with E-state index in [0.717, 1.165) is 41.2 Å². The first-order valence-corrected chi connectivity index (χ1v) is 12.0. The van der Waals surface area contributed by atoms with Gasteiger partial charge in [-0.3, -0.25) is 0 Å². The molecule has 0 saturated carbocycles. The Bertz CT molecular complexity index is 1060. The average molecular weight is 441 g/mol. The minimum Gasteiger partial charge on any atom is -0.385 e. The highest BCUT2D eigenvalue weighted by Gasteiger charge is 2.29. The molecule has 0 amide bonds. The topological polar surface area (TPSA) is 49.4 Å². The van der Waals surface area contributed by atoms with E-state index in [1.54, 1.807) is 16.4 Å². The number of anilines is 1. The zero-order chi connectivity index (χ0) is 21.0. The van der Waals surface area contributed by atoms with Crippen LogP contribution in [-0.4, -0.2) is 32.4 Å².